The zero-order valence-electron chi connectivity index (χ0n) is 18.0. The molecule has 0 saturated carbocycles. The van der Waals surface area contributed by atoms with Gasteiger partial charge in [0.25, 0.3) is 0 Å². The lowest BCUT2D eigenvalue weighted by Gasteiger charge is -2.25. The Bertz CT molecular complexity index is 996. The summed E-state index contributed by atoms with van der Waals surface area (Å²) >= 11 is 0. The predicted molar refractivity (Wildman–Crippen MR) is 124 cm³/mol. The number of amides is 1. The molecule has 3 atom stereocenters. The summed E-state index contributed by atoms with van der Waals surface area (Å²) in [6, 6.07) is 22.0. The van der Waals surface area contributed by atoms with Gasteiger partial charge >= 0.3 is 6.09 Å². The van der Waals surface area contributed by atoms with E-state index < -0.39 is 18.2 Å². The van der Waals surface area contributed by atoms with Crippen LogP contribution in [-0.4, -0.2) is 46.6 Å². The molecule has 7 heteroatoms. The number of carboxylic acid groups (broad SMARTS) is 1. The Labute approximate surface area is 187 Å². The van der Waals surface area contributed by atoms with Gasteiger partial charge in [-0.25, -0.2) is 9.78 Å². The van der Waals surface area contributed by atoms with Gasteiger partial charge in [0.05, 0.1) is 24.9 Å². The highest BCUT2D eigenvalue weighted by atomic mass is 16.5. The van der Waals surface area contributed by atoms with Crippen LogP contribution in [0.4, 0.5) is 4.79 Å². The van der Waals surface area contributed by atoms with Crippen LogP contribution in [0.1, 0.15) is 17.5 Å². The highest BCUT2D eigenvalue weighted by Gasteiger charge is 2.24. The molecule has 0 unspecified atom stereocenters. The first-order valence-electron chi connectivity index (χ1n) is 10.5. The molecule has 168 valence electrons. The standard InChI is InChI=1S/C25H29N3O4/c1-32-24-9-5-8-21(27-24)19-12-10-18(11-13-19)15-22(28-25(30)31)23(29)16-20(26)14-17-6-3-2-4-7-17/h2-13,20,22-23,28-29H,14-16,26H2,1H3,(H,30,31)/t20-,22-,23+/m0/s1. The van der Waals surface area contributed by atoms with E-state index in [1.165, 1.54) is 0 Å². The van der Waals surface area contributed by atoms with Gasteiger partial charge in [0.15, 0.2) is 0 Å². The number of aliphatic hydroxyl groups excluding tert-OH is 1. The van der Waals surface area contributed by atoms with Gasteiger partial charge in [-0.2, -0.15) is 0 Å². The van der Waals surface area contributed by atoms with Gasteiger partial charge in [-0.05, 0) is 36.5 Å². The molecule has 32 heavy (non-hydrogen) atoms. The minimum absolute atomic E-state index is 0.283. The normalized spacial score (nSPS) is 13.7. The van der Waals surface area contributed by atoms with E-state index in [1.54, 1.807) is 13.2 Å². The molecule has 2 aromatic carbocycles. The van der Waals surface area contributed by atoms with Crippen LogP contribution >= 0.6 is 0 Å². The van der Waals surface area contributed by atoms with Crippen molar-refractivity contribution in [2.45, 2.75) is 37.5 Å². The number of nitrogens with two attached hydrogens (primary N) is 1. The minimum Gasteiger partial charge on any atom is -0.481 e. The van der Waals surface area contributed by atoms with Crippen LogP contribution in [0.2, 0.25) is 0 Å². The summed E-state index contributed by atoms with van der Waals surface area (Å²) in [5.41, 5.74) is 9.90. The molecule has 3 rings (SSSR count). The second-order valence-corrected chi connectivity index (χ2v) is 7.78. The van der Waals surface area contributed by atoms with E-state index in [0.717, 1.165) is 22.4 Å². The largest absolute Gasteiger partial charge is 0.481 e. The number of hydrogen-bond donors (Lipinski definition) is 4. The molecule has 1 aromatic heterocycles. The summed E-state index contributed by atoms with van der Waals surface area (Å²) in [6.07, 6.45) is -0.851. The van der Waals surface area contributed by atoms with Crippen molar-refractivity contribution in [2.24, 2.45) is 5.73 Å². The fourth-order valence-electron chi connectivity index (χ4n) is 3.67. The summed E-state index contributed by atoms with van der Waals surface area (Å²) < 4.78 is 5.17. The van der Waals surface area contributed by atoms with Gasteiger partial charge in [0, 0.05) is 17.7 Å². The van der Waals surface area contributed by atoms with E-state index in [-0.39, 0.29) is 12.5 Å². The molecule has 0 aliphatic rings. The minimum atomic E-state index is -1.18. The fourth-order valence-corrected chi connectivity index (χ4v) is 3.67. The maximum absolute atomic E-state index is 11.3. The predicted octanol–water partition coefficient (Wildman–Crippen LogP) is 3.26. The monoisotopic (exact) mass is 435 g/mol. The number of nitrogens with zero attached hydrogens (tertiary/aromatic N) is 1. The number of ether oxygens (including phenoxy) is 1. The third kappa shape index (κ3) is 6.80. The number of carbonyl (C=O) groups is 1. The number of benzene rings is 2. The average molecular weight is 436 g/mol. The second kappa shape index (κ2) is 11.3. The maximum Gasteiger partial charge on any atom is 0.404 e. The maximum atomic E-state index is 11.3. The number of nitrogens with one attached hydrogen (secondary N) is 1. The third-order valence-corrected chi connectivity index (χ3v) is 5.30. The summed E-state index contributed by atoms with van der Waals surface area (Å²) in [6.45, 7) is 0. The van der Waals surface area contributed by atoms with Crippen LogP contribution in [0.15, 0.2) is 72.8 Å². The van der Waals surface area contributed by atoms with Gasteiger partial charge in [0.1, 0.15) is 0 Å². The zero-order chi connectivity index (χ0) is 22.9. The molecule has 0 aliphatic carbocycles. The van der Waals surface area contributed by atoms with E-state index in [4.69, 9.17) is 10.5 Å². The number of rotatable bonds is 10. The number of aromatic nitrogens is 1. The molecule has 0 fully saturated rings. The molecule has 0 radical (unpaired) electrons. The SMILES string of the molecule is COc1cccc(-c2ccc(C[C@H](NC(=O)O)[C@H](O)C[C@@H](N)Cc3ccccc3)cc2)n1. The van der Waals surface area contributed by atoms with Gasteiger partial charge in [-0.1, -0.05) is 60.7 Å². The van der Waals surface area contributed by atoms with Crippen molar-refractivity contribution < 1.29 is 19.7 Å². The number of aliphatic hydroxyl groups is 1. The summed E-state index contributed by atoms with van der Waals surface area (Å²) in [4.78, 5) is 15.7. The Morgan fingerprint density at radius 3 is 2.34 bits per heavy atom. The molecule has 1 heterocycles. The van der Waals surface area contributed by atoms with Crippen LogP contribution in [0.5, 0.6) is 5.88 Å². The summed E-state index contributed by atoms with van der Waals surface area (Å²) in [5, 5.41) is 22.4. The molecular weight excluding hydrogens is 406 g/mol. The summed E-state index contributed by atoms with van der Waals surface area (Å²) in [7, 11) is 1.57. The van der Waals surface area contributed by atoms with Crippen LogP contribution < -0.4 is 15.8 Å². The Hall–Kier alpha value is -3.42. The van der Waals surface area contributed by atoms with Crippen molar-refractivity contribution in [1.82, 2.24) is 10.3 Å². The van der Waals surface area contributed by atoms with Crippen molar-refractivity contribution in [3.05, 3.63) is 83.9 Å². The first-order valence-corrected chi connectivity index (χ1v) is 10.5. The Morgan fingerprint density at radius 2 is 1.69 bits per heavy atom. The molecule has 1 amide bonds. The Kier molecular flexibility index (Phi) is 8.19. The lowest BCUT2D eigenvalue weighted by Crippen LogP contribution is -2.46. The smallest absolute Gasteiger partial charge is 0.404 e. The highest BCUT2D eigenvalue weighted by molar-refractivity contribution is 5.65. The molecule has 0 bridgehead atoms. The zero-order valence-corrected chi connectivity index (χ0v) is 18.0. The van der Waals surface area contributed by atoms with Crippen molar-refractivity contribution in [3.8, 4) is 17.1 Å². The van der Waals surface area contributed by atoms with Crippen molar-refractivity contribution >= 4 is 6.09 Å². The van der Waals surface area contributed by atoms with Crippen LogP contribution in [0, 0.1) is 0 Å². The Morgan fingerprint density at radius 1 is 1.00 bits per heavy atom. The first kappa shape index (κ1) is 23.2. The summed E-state index contributed by atoms with van der Waals surface area (Å²) in [5.74, 6) is 0.535. The van der Waals surface area contributed by atoms with Crippen molar-refractivity contribution in [3.63, 3.8) is 0 Å². The van der Waals surface area contributed by atoms with Crippen LogP contribution in [0.25, 0.3) is 11.3 Å². The average Bonchev–Trinajstić information content (AvgIpc) is 2.79. The quantitative estimate of drug-likeness (QED) is 0.388. The van der Waals surface area contributed by atoms with Crippen LogP contribution in [0.3, 0.4) is 0 Å². The number of hydrogen-bond acceptors (Lipinski definition) is 5. The van der Waals surface area contributed by atoms with E-state index >= 15 is 0 Å². The molecule has 5 N–H and O–H groups in total. The van der Waals surface area contributed by atoms with Gasteiger partial charge in [0.2, 0.25) is 5.88 Å². The number of methoxy groups -OCH3 is 1. The lowest BCUT2D eigenvalue weighted by molar-refractivity contribution is 0.105. The number of pyridine rings is 1. The molecule has 0 saturated heterocycles. The lowest BCUT2D eigenvalue weighted by atomic mass is 9.94. The topological polar surface area (TPSA) is 118 Å². The first-order chi connectivity index (χ1) is 15.4. The van der Waals surface area contributed by atoms with E-state index in [1.807, 2.05) is 66.7 Å². The van der Waals surface area contributed by atoms with Crippen molar-refractivity contribution in [2.75, 3.05) is 7.11 Å². The molecule has 3 aromatic rings. The molecule has 0 spiro atoms. The van der Waals surface area contributed by atoms with Gasteiger partial charge in [-0.3, -0.25) is 0 Å². The molecule has 7 nitrogen and oxygen atoms in total. The van der Waals surface area contributed by atoms with E-state index in [9.17, 15) is 15.0 Å². The third-order valence-electron chi connectivity index (χ3n) is 5.30. The van der Waals surface area contributed by atoms with Gasteiger partial charge < -0.3 is 26.0 Å². The van der Waals surface area contributed by atoms with Crippen molar-refractivity contribution in [1.29, 1.82) is 0 Å². The molecule has 0 aliphatic heterocycles. The Balaban J connectivity index is 1.65. The van der Waals surface area contributed by atoms with Gasteiger partial charge in [-0.15, -0.1) is 0 Å². The van der Waals surface area contributed by atoms with Crippen LogP contribution in [-0.2, 0) is 12.8 Å². The molecular formula is C25H29N3O4. The second-order valence-electron chi connectivity index (χ2n) is 7.78. The fraction of sp³-hybridized carbons (Fsp3) is 0.280. The van der Waals surface area contributed by atoms with E-state index in [0.29, 0.717) is 18.7 Å². The highest BCUT2D eigenvalue weighted by Crippen LogP contribution is 2.21. The van der Waals surface area contributed by atoms with E-state index in [2.05, 4.69) is 10.3 Å².